The van der Waals surface area contributed by atoms with Crippen molar-refractivity contribution >= 4 is 16.1 Å². The van der Waals surface area contributed by atoms with E-state index in [0.29, 0.717) is 12.2 Å². The second kappa shape index (κ2) is 4.69. The van der Waals surface area contributed by atoms with Gasteiger partial charge >= 0.3 is 0 Å². The zero-order chi connectivity index (χ0) is 12.5. The highest BCUT2D eigenvalue weighted by molar-refractivity contribution is 7.91. The maximum Gasteiger partial charge on any atom is 0.151 e. The minimum absolute atomic E-state index is 0.109. The Morgan fingerprint density at radius 1 is 1.35 bits per heavy atom. The van der Waals surface area contributed by atoms with Crippen molar-refractivity contribution in [1.82, 2.24) is 4.90 Å². The van der Waals surface area contributed by atoms with Crippen molar-refractivity contribution in [3.63, 3.8) is 0 Å². The van der Waals surface area contributed by atoms with Crippen LogP contribution in [0.25, 0.3) is 0 Å². The van der Waals surface area contributed by atoms with Crippen molar-refractivity contribution in [1.29, 1.82) is 0 Å². The molecule has 0 radical (unpaired) electrons. The van der Waals surface area contributed by atoms with Gasteiger partial charge in [-0.05, 0) is 26.3 Å². The van der Waals surface area contributed by atoms with E-state index in [2.05, 4.69) is 4.90 Å². The van der Waals surface area contributed by atoms with Gasteiger partial charge in [-0.25, -0.2) is 8.42 Å². The number of hydrogen-bond acceptors (Lipinski definition) is 4. The van der Waals surface area contributed by atoms with E-state index in [9.17, 15) is 13.2 Å². The lowest BCUT2D eigenvalue weighted by atomic mass is 9.87. The van der Waals surface area contributed by atoms with E-state index in [0.717, 1.165) is 38.5 Å². The highest BCUT2D eigenvalue weighted by Gasteiger charge is 2.38. The Hall–Kier alpha value is -0.420. The molecule has 1 unspecified atom stereocenters. The molecule has 0 N–H and O–H groups in total. The molecule has 1 aliphatic heterocycles. The molecule has 0 aromatic rings. The predicted octanol–water partition coefficient (Wildman–Crippen LogP) is 0.865. The van der Waals surface area contributed by atoms with Crippen LogP contribution in [0.15, 0.2) is 0 Å². The summed E-state index contributed by atoms with van der Waals surface area (Å²) in [6, 6.07) is 0.109. The molecule has 1 saturated carbocycles. The third kappa shape index (κ3) is 2.88. The molecule has 2 fully saturated rings. The van der Waals surface area contributed by atoms with Gasteiger partial charge in [0.1, 0.15) is 6.29 Å². The van der Waals surface area contributed by atoms with Crippen LogP contribution in [0.5, 0.6) is 0 Å². The van der Waals surface area contributed by atoms with E-state index in [4.69, 9.17) is 0 Å². The number of hydrogen-bond donors (Lipinski definition) is 0. The molecule has 17 heavy (non-hydrogen) atoms. The fourth-order valence-corrected chi connectivity index (χ4v) is 4.95. The molecule has 0 bridgehead atoms. The molecule has 4 nitrogen and oxygen atoms in total. The van der Waals surface area contributed by atoms with Crippen LogP contribution in [-0.4, -0.2) is 50.7 Å². The van der Waals surface area contributed by atoms with Crippen molar-refractivity contribution in [2.45, 2.75) is 38.1 Å². The van der Waals surface area contributed by atoms with E-state index in [-0.39, 0.29) is 17.2 Å². The summed E-state index contributed by atoms with van der Waals surface area (Å²) in [7, 11) is -0.877. The van der Waals surface area contributed by atoms with E-state index in [1.165, 1.54) is 0 Å². The third-order valence-corrected chi connectivity index (χ3v) is 6.00. The number of rotatable bonds is 4. The van der Waals surface area contributed by atoms with E-state index < -0.39 is 9.84 Å². The van der Waals surface area contributed by atoms with Crippen molar-refractivity contribution in [2.75, 3.05) is 25.1 Å². The molecule has 2 aliphatic rings. The summed E-state index contributed by atoms with van der Waals surface area (Å²) in [4.78, 5) is 13.3. The third-order valence-electron chi connectivity index (χ3n) is 4.25. The summed E-state index contributed by atoms with van der Waals surface area (Å²) in [5.74, 6) is 0.564. The van der Waals surface area contributed by atoms with Crippen LogP contribution in [0, 0.1) is 5.41 Å². The Kier molecular flexibility index (Phi) is 3.59. The molecule has 0 aromatic heterocycles. The number of sulfone groups is 1. The van der Waals surface area contributed by atoms with Crippen LogP contribution in [0.4, 0.5) is 0 Å². The maximum atomic E-state index is 11.4. The van der Waals surface area contributed by atoms with Gasteiger partial charge in [0.05, 0.1) is 11.5 Å². The van der Waals surface area contributed by atoms with Gasteiger partial charge in [0.15, 0.2) is 9.84 Å². The van der Waals surface area contributed by atoms with Crippen LogP contribution < -0.4 is 0 Å². The lowest BCUT2D eigenvalue weighted by Crippen LogP contribution is -2.41. The summed E-state index contributed by atoms with van der Waals surface area (Å²) >= 11 is 0. The minimum atomic E-state index is -2.83. The lowest BCUT2D eigenvalue weighted by Gasteiger charge is -2.31. The standard InChI is InChI=1S/C12H21NO3S/c1-13(11-4-7-17(15,16)8-11)9-12(10-14)5-2-3-6-12/h10-11H,2-9H2,1H3. The summed E-state index contributed by atoms with van der Waals surface area (Å²) in [6.07, 6.45) is 5.97. The Morgan fingerprint density at radius 3 is 2.47 bits per heavy atom. The Balaban J connectivity index is 1.97. The summed E-state index contributed by atoms with van der Waals surface area (Å²) in [6.45, 7) is 0.719. The van der Waals surface area contributed by atoms with Crippen LogP contribution in [0.2, 0.25) is 0 Å². The van der Waals surface area contributed by atoms with E-state index in [1.54, 1.807) is 0 Å². The molecule has 98 valence electrons. The highest BCUT2D eigenvalue weighted by Crippen LogP contribution is 2.37. The molecule has 1 atom stereocenters. The molecule has 0 aromatic carbocycles. The SMILES string of the molecule is CN(CC1(C=O)CCCC1)C1CCS(=O)(=O)C1. The van der Waals surface area contributed by atoms with Gasteiger partial charge < -0.3 is 9.69 Å². The van der Waals surface area contributed by atoms with Crippen molar-refractivity contribution < 1.29 is 13.2 Å². The van der Waals surface area contributed by atoms with Crippen LogP contribution in [0.3, 0.4) is 0 Å². The van der Waals surface area contributed by atoms with Crippen LogP contribution in [0.1, 0.15) is 32.1 Å². The van der Waals surface area contributed by atoms with Gasteiger partial charge in [-0.15, -0.1) is 0 Å². The van der Waals surface area contributed by atoms with Crippen LogP contribution >= 0.6 is 0 Å². The van der Waals surface area contributed by atoms with Gasteiger partial charge in [0, 0.05) is 18.0 Å². The molecule has 1 saturated heterocycles. The summed E-state index contributed by atoms with van der Waals surface area (Å²) in [5.41, 5.74) is -0.207. The first-order chi connectivity index (χ1) is 7.96. The lowest BCUT2D eigenvalue weighted by molar-refractivity contribution is -0.117. The Labute approximate surface area is 103 Å². The minimum Gasteiger partial charge on any atom is -0.303 e. The largest absolute Gasteiger partial charge is 0.303 e. The van der Waals surface area contributed by atoms with Crippen molar-refractivity contribution in [3.8, 4) is 0 Å². The quantitative estimate of drug-likeness (QED) is 0.703. The first-order valence-corrected chi connectivity index (χ1v) is 8.16. The van der Waals surface area contributed by atoms with Gasteiger partial charge in [-0.1, -0.05) is 12.8 Å². The molecule has 0 amide bonds. The van der Waals surface area contributed by atoms with E-state index >= 15 is 0 Å². The second-order valence-electron chi connectivity index (χ2n) is 5.66. The zero-order valence-corrected chi connectivity index (χ0v) is 11.2. The Bertz CT molecular complexity index is 385. The molecule has 2 rings (SSSR count). The monoisotopic (exact) mass is 259 g/mol. The second-order valence-corrected chi connectivity index (χ2v) is 7.89. The molecule has 1 aliphatic carbocycles. The van der Waals surface area contributed by atoms with E-state index in [1.807, 2.05) is 7.05 Å². The van der Waals surface area contributed by atoms with Crippen LogP contribution in [-0.2, 0) is 14.6 Å². The number of carbonyl (C=O) groups excluding carboxylic acids is 1. The predicted molar refractivity (Wildman–Crippen MR) is 66.7 cm³/mol. The molecule has 0 spiro atoms. The topological polar surface area (TPSA) is 54.5 Å². The molecular formula is C12H21NO3S. The molecular weight excluding hydrogens is 238 g/mol. The number of nitrogens with zero attached hydrogens (tertiary/aromatic N) is 1. The maximum absolute atomic E-state index is 11.4. The normalized spacial score (nSPS) is 30.8. The Morgan fingerprint density at radius 2 is 2.00 bits per heavy atom. The molecule has 5 heteroatoms. The van der Waals surface area contributed by atoms with Crippen molar-refractivity contribution in [2.24, 2.45) is 5.41 Å². The number of carbonyl (C=O) groups is 1. The smallest absolute Gasteiger partial charge is 0.151 e. The van der Waals surface area contributed by atoms with Gasteiger partial charge in [0.2, 0.25) is 0 Å². The fourth-order valence-electron chi connectivity index (χ4n) is 3.14. The van der Waals surface area contributed by atoms with Gasteiger partial charge in [-0.2, -0.15) is 0 Å². The highest BCUT2D eigenvalue weighted by atomic mass is 32.2. The first-order valence-electron chi connectivity index (χ1n) is 6.33. The summed E-state index contributed by atoms with van der Waals surface area (Å²) in [5, 5.41) is 0. The fraction of sp³-hybridized carbons (Fsp3) is 0.917. The van der Waals surface area contributed by atoms with Gasteiger partial charge in [0.25, 0.3) is 0 Å². The average molecular weight is 259 g/mol. The van der Waals surface area contributed by atoms with Gasteiger partial charge in [-0.3, -0.25) is 0 Å². The summed E-state index contributed by atoms with van der Waals surface area (Å²) < 4.78 is 22.9. The zero-order valence-electron chi connectivity index (χ0n) is 10.4. The first kappa shape index (κ1) is 13.0. The molecule has 1 heterocycles. The average Bonchev–Trinajstić information content (AvgIpc) is 2.86. The number of aldehydes is 1. The van der Waals surface area contributed by atoms with Crippen molar-refractivity contribution in [3.05, 3.63) is 0 Å².